The van der Waals surface area contributed by atoms with Crippen LogP contribution in [0, 0.1) is 11.8 Å². The summed E-state index contributed by atoms with van der Waals surface area (Å²) in [4.78, 5) is 18.2. The summed E-state index contributed by atoms with van der Waals surface area (Å²) in [7, 11) is 1.35. The van der Waals surface area contributed by atoms with Crippen molar-refractivity contribution in [2.24, 2.45) is 11.8 Å². The number of nitrogens with zero attached hydrogens (tertiary/aromatic N) is 2. The van der Waals surface area contributed by atoms with Crippen molar-refractivity contribution in [3.05, 3.63) is 53.2 Å². The molecule has 2 aromatic rings. The molecule has 0 bridgehead atoms. The molecule has 6 nitrogen and oxygen atoms in total. The van der Waals surface area contributed by atoms with Crippen LogP contribution in [0.25, 0.3) is 0 Å². The van der Waals surface area contributed by atoms with Crippen molar-refractivity contribution in [2.75, 3.05) is 25.1 Å². The topological polar surface area (TPSA) is 71.9 Å². The molecule has 0 radical (unpaired) electrons. The van der Waals surface area contributed by atoms with Gasteiger partial charge in [-0.1, -0.05) is 11.6 Å². The Morgan fingerprint density at radius 2 is 1.89 bits per heavy atom. The molecule has 2 fully saturated rings. The highest BCUT2D eigenvalue weighted by Crippen LogP contribution is 2.40. The van der Waals surface area contributed by atoms with Crippen LogP contribution in [0.3, 0.4) is 0 Å². The molecule has 4 atom stereocenters. The number of halogens is 1. The number of aromatic nitrogens is 1. The van der Waals surface area contributed by atoms with E-state index < -0.39 is 6.10 Å². The molecule has 1 aliphatic heterocycles. The molecule has 1 saturated heterocycles. The SMILES string of the molecule is COC(=O)c1ccc(O[C@H]2C[C@@H]3CN(c4ncccc4Cl)C[C@@H]3C[C@@H]2O)cc1. The van der Waals surface area contributed by atoms with E-state index in [0.717, 1.165) is 25.3 Å². The lowest BCUT2D eigenvalue weighted by Gasteiger charge is -2.35. The molecule has 1 aromatic carbocycles. The third-order valence-electron chi connectivity index (χ3n) is 5.69. The van der Waals surface area contributed by atoms with Crippen molar-refractivity contribution in [3.8, 4) is 5.75 Å². The smallest absolute Gasteiger partial charge is 0.337 e. The zero-order valence-electron chi connectivity index (χ0n) is 15.6. The number of esters is 1. The van der Waals surface area contributed by atoms with Crippen LogP contribution in [0.15, 0.2) is 42.6 Å². The average molecular weight is 403 g/mol. The van der Waals surface area contributed by atoms with E-state index in [9.17, 15) is 9.90 Å². The van der Waals surface area contributed by atoms with Gasteiger partial charge >= 0.3 is 5.97 Å². The number of aliphatic hydroxyl groups is 1. The summed E-state index contributed by atoms with van der Waals surface area (Å²) in [5.41, 5.74) is 0.470. The average Bonchev–Trinajstić information content (AvgIpc) is 3.11. The largest absolute Gasteiger partial charge is 0.488 e. The zero-order chi connectivity index (χ0) is 19.7. The highest BCUT2D eigenvalue weighted by atomic mass is 35.5. The van der Waals surface area contributed by atoms with E-state index in [1.165, 1.54) is 7.11 Å². The third kappa shape index (κ3) is 3.80. The lowest BCUT2D eigenvalue weighted by molar-refractivity contribution is -0.0231. The molecule has 4 rings (SSSR count). The maximum atomic E-state index is 11.5. The van der Waals surface area contributed by atoms with Crippen LogP contribution in [-0.2, 0) is 4.74 Å². The van der Waals surface area contributed by atoms with Crippen LogP contribution in [0.5, 0.6) is 5.75 Å². The molecule has 0 amide bonds. The summed E-state index contributed by atoms with van der Waals surface area (Å²) < 4.78 is 10.8. The number of fused-ring (bicyclic) bond motifs is 1. The lowest BCUT2D eigenvalue weighted by Crippen LogP contribution is -2.42. The minimum Gasteiger partial charge on any atom is -0.488 e. The van der Waals surface area contributed by atoms with E-state index in [0.29, 0.717) is 34.6 Å². The third-order valence-corrected chi connectivity index (χ3v) is 5.98. The highest BCUT2D eigenvalue weighted by Gasteiger charge is 2.43. The number of methoxy groups -OCH3 is 1. The first-order valence-corrected chi connectivity index (χ1v) is 9.81. The van der Waals surface area contributed by atoms with Crippen molar-refractivity contribution < 1.29 is 19.4 Å². The minimum absolute atomic E-state index is 0.274. The maximum Gasteiger partial charge on any atom is 0.337 e. The predicted molar refractivity (Wildman–Crippen MR) is 106 cm³/mol. The minimum atomic E-state index is -0.527. The van der Waals surface area contributed by atoms with E-state index in [1.807, 2.05) is 12.1 Å². The summed E-state index contributed by atoms with van der Waals surface area (Å²) in [6.07, 6.45) is 2.41. The number of anilines is 1. The van der Waals surface area contributed by atoms with Gasteiger partial charge in [0.25, 0.3) is 0 Å². The second-order valence-electron chi connectivity index (χ2n) is 7.44. The van der Waals surface area contributed by atoms with Gasteiger partial charge in [-0.25, -0.2) is 9.78 Å². The molecule has 28 heavy (non-hydrogen) atoms. The van der Waals surface area contributed by atoms with Crippen molar-refractivity contribution in [2.45, 2.75) is 25.0 Å². The first-order valence-electron chi connectivity index (χ1n) is 9.43. The summed E-state index contributed by atoms with van der Waals surface area (Å²) in [6.45, 7) is 1.70. The van der Waals surface area contributed by atoms with Gasteiger partial charge in [-0.15, -0.1) is 0 Å². The fraction of sp³-hybridized carbons (Fsp3) is 0.429. The summed E-state index contributed by atoms with van der Waals surface area (Å²) >= 11 is 6.30. The molecule has 1 aliphatic carbocycles. The molecule has 1 aromatic heterocycles. The summed E-state index contributed by atoms with van der Waals surface area (Å²) in [5.74, 6) is 1.88. The van der Waals surface area contributed by atoms with Crippen LogP contribution in [0.4, 0.5) is 5.82 Å². The molecule has 0 unspecified atom stereocenters. The number of rotatable bonds is 4. The Morgan fingerprint density at radius 1 is 1.18 bits per heavy atom. The van der Waals surface area contributed by atoms with Gasteiger partial charge in [0.1, 0.15) is 17.7 Å². The highest BCUT2D eigenvalue weighted by molar-refractivity contribution is 6.32. The molecule has 2 heterocycles. The Kier molecular flexibility index (Phi) is 5.42. The van der Waals surface area contributed by atoms with E-state index in [-0.39, 0.29) is 12.1 Å². The molecule has 7 heteroatoms. The van der Waals surface area contributed by atoms with E-state index in [4.69, 9.17) is 21.1 Å². The van der Waals surface area contributed by atoms with Gasteiger partial charge in [-0.2, -0.15) is 0 Å². The summed E-state index contributed by atoms with van der Waals surface area (Å²) in [5, 5.41) is 11.3. The number of hydrogen-bond acceptors (Lipinski definition) is 6. The molecule has 148 valence electrons. The molecular weight excluding hydrogens is 380 g/mol. The Morgan fingerprint density at radius 3 is 2.57 bits per heavy atom. The number of ether oxygens (including phenoxy) is 2. The van der Waals surface area contributed by atoms with Crippen LogP contribution < -0.4 is 9.64 Å². The van der Waals surface area contributed by atoms with Gasteiger partial charge in [0.15, 0.2) is 0 Å². The van der Waals surface area contributed by atoms with Gasteiger partial charge in [0.05, 0.1) is 23.8 Å². The fourth-order valence-corrected chi connectivity index (χ4v) is 4.50. The Hall–Kier alpha value is -2.31. The monoisotopic (exact) mass is 402 g/mol. The Labute approximate surface area is 169 Å². The van der Waals surface area contributed by atoms with Crippen LogP contribution >= 0.6 is 11.6 Å². The number of hydrogen-bond donors (Lipinski definition) is 1. The fourth-order valence-electron chi connectivity index (χ4n) is 4.26. The normalized spacial score (nSPS) is 26.6. The summed E-state index contributed by atoms with van der Waals surface area (Å²) in [6, 6.07) is 10.5. The maximum absolute atomic E-state index is 11.5. The number of benzene rings is 1. The van der Waals surface area contributed by atoms with Crippen molar-refractivity contribution in [1.82, 2.24) is 4.98 Å². The second-order valence-corrected chi connectivity index (χ2v) is 7.85. The Bertz CT molecular complexity index is 845. The van der Waals surface area contributed by atoms with E-state index >= 15 is 0 Å². The molecular formula is C21H23ClN2O4. The number of carbonyl (C=O) groups is 1. The lowest BCUT2D eigenvalue weighted by atomic mass is 9.78. The quantitative estimate of drug-likeness (QED) is 0.792. The zero-order valence-corrected chi connectivity index (χ0v) is 16.4. The molecule has 1 saturated carbocycles. The second kappa shape index (κ2) is 7.97. The van der Waals surface area contributed by atoms with Crippen molar-refractivity contribution in [1.29, 1.82) is 0 Å². The van der Waals surface area contributed by atoms with Crippen molar-refractivity contribution in [3.63, 3.8) is 0 Å². The molecule has 2 aliphatic rings. The predicted octanol–water partition coefficient (Wildman–Crippen LogP) is 3.18. The van der Waals surface area contributed by atoms with Crippen molar-refractivity contribution >= 4 is 23.4 Å². The number of pyridine rings is 1. The van der Waals surface area contributed by atoms with Crippen LogP contribution in [0.2, 0.25) is 5.02 Å². The van der Waals surface area contributed by atoms with E-state index in [1.54, 1.807) is 30.5 Å². The van der Waals surface area contributed by atoms with Gasteiger partial charge in [0, 0.05) is 19.3 Å². The van der Waals surface area contributed by atoms with Gasteiger partial charge < -0.3 is 19.5 Å². The van der Waals surface area contributed by atoms with Crippen LogP contribution in [-0.4, -0.2) is 48.5 Å². The molecule has 1 N–H and O–H groups in total. The first-order chi connectivity index (χ1) is 13.5. The first kappa shape index (κ1) is 19.0. The van der Waals surface area contributed by atoms with Gasteiger partial charge in [-0.05, 0) is 61.1 Å². The van der Waals surface area contributed by atoms with Gasteiger partial charge in [0.2, 0.25) is 0 Å². The van der Waals surface area contributed by atoms with Gasteiger partial charge in [-0.3, -0.25) is 0 Å². The van der Waals surface area contributed by atoms with Crippen LogP contribution in [0.1, 0.15) is 23.2 Å². The number of carbonyl (C=O) groups excluding carboxylic acids is 1. The number of aliphatic hydroxyl groups excluding tert-OH is 1. The Balaban J connectivity index is 1.42. The standard InChI is InChI=1S/C21H23ClN2O4/c1-27-21(26)13-4-6-16(7-5-13)28-19-10-15-12-24(11-14(15)9-18(19)25)20-17(22)3-2-8-23-20/h2-8,14-15,18-19,25H,9-12H2,1H3/t14-,15+,18-,19-/m0/s1. The molecule has 0 spiro atoms. The van der Waals surface area contributed by atoms with E-state index in [2.05, 4.69) is 9.88 Å².